The number of aryl methyl sites for hydroxylation is 1. The number of hydrogen-bond acceptors (Lipinski definition) is 4. The van der Waals surface area contributed by atoms with E-state index in [1.807, 2.05) is 61.5 Å². The van der Waals surface area contributed by atoms with Crippen LogP contribution >= 0.6 is 11.8 Å². The van der Waals surface area contributed by atoms with E-state index in [9.17, 15) is 4.79 Å². The van der Waals surface area contributed by atoms with E-state index in [2.05, 4.69) is 16.9 Å². The normalized spacial score (nSPS) is 16.9. The van der Waals surface area contributed by atoms with Gasteiger partial charge >= 0.3 is 0 Å². The minimum atomic E-state index is -0.136. The van der Waals surface area contributed by atoms with Gasteiger partial charge in [-0.1, -0.05) is 36.9 Å². The summed E-state index contributed by atoms with van der Waals surface area (Å²) in [7, 11) is 0. The van der Waals surface area contributed by atoms with Gasteiger partial charge in [0.05, 0.1) is 10.6 Å². The molecule has 5 heteroatoms. The minimum Gasteiger partial charge on any atom is -0.490 e. The number of amidine groups is 1. The van der Waals surface area contributed by atoms with Crippen molar-refractivity contribution in [2.24, 2.45) is 4.99 Å². The maximum atomic E-state index is 12.1. The summed E-state index contributed by atoms with van der Waals surface area (Å²) in [6.45, 7) is 6.10. The Morgan fingerprint density at radius 3 is 2.76 bits per heavy atom. The maximum Gasteiger partial charge on any atom is 0.264 e. The van der Waals surface area contributed by atoms with Crippen LogP contribution in [0.25, 0.3) is 6.08 Å². The van der Waals surface area contributed by atoms with Crippen LogP contribution in [-0.2, 0) is 4.79 Å². The Labute approximate surface area is 151 Å². The number of carbonyl (C=O) groups is 1. The van der Waals surface area contributed by atoms with Crippen molar-refractivity contribution in [1.82, 2.24) is 5.32 Å². The first-order valence-electron chi connectivity index (χ1n) is 7.84. The number of ether oxygens (including phenoxy) is 1. The van der Waals surface area contributed by atoms with Gasteiger partial charge in [-0.2, -0.15) is 0 Å². The molecule has 1 amide bonds. The van der Waals surface area contributed by atoms with Gasteiger partial charge in [0.1, 0.15) is 12.4 Å². The third-order valence-corrected chi connectivity index (χ3v) is 4.34. The average Bonchev–Trinajstić information content (AvgIpc) is 2.93. The topological polar surface area (TPSA) is 50.7 Å². The molecular formula is C20H18N2O2S. The highest BCUT2D eigenvalue weighted by atomic mass is 32.2. The molecule has 1 fully saturated rings. The number of nitrogens with one attached hydrogen (secondary N) is 1. The zero-order valence-electron chi connectivity index (χ0n) is 13.9. The van der Waals surface area contributed by atoms with Gasteiger partial charge in [0, 0.05) is 0 Å². The highest BCUT2D eigenvalue weighted by molar-refractivity contribution is 8.18. The molecule has 126 valence electrons. The van der Waals surface area contributed by atoms with Gasteiger partial charge in [-0.25, -0.2) is 4.99 Å². The molecule has 1 heterocycles. The predicted octanol–water partition coefficient (Wildman–Crippen LogP) is 4.45. The van der Waals surface area contributed by atoms with Gasteiger partial charge in [0.25, 0.3) is 5.91 Å². The van der Waals surface area contributed by atoms with E-state index in [0.29, 0.717) is 16.7 Å². The number of hydrogen-bond donors (Lipinski definition) is 1. The van der Waals surface area contributed by atoms with Crippen LogP contribution < -0.4 is 10.1 Å². The molecule has 2 aromatic rings. The second-order valence-electron chi connectivity index (χ2n) is 5.49. The van der Waals surface area contributed by atoms with Crippen LogP contribution in [0, 0.1) is 6.92 Å². The Bertz CT molecular complexity index is 854. The minimum absolute atomic E-state index is 0.136. The summed E-state index contributed by atoms with van der Waals surface area (Å²) in [6.07, 6.45) is 3.54. The lowest BCUT2D eigenvalue weighted by Crippen LogP contribution is -2.19. The fraction of sp³-hybridized carbons (Fsp3) is 0.100. The van der Waals surface area contributed by atoms with Crippen molar-refractivity contribution in [3.05, 3.63) is 77.2 Å². The highest BCUT2D eigenvalue weighted by Gasteiger charge is 2.23. The Morgan fingerprint density at radius 2 is 2.04 bits per heavy atom. The van der Waals surface area contributed by atoms with Crippen molar-refractivity contribution in [1.29, 1.82) is 0 Å². The third kappa shape index (κ3) is 4.61. The molecule has 1 aliphatic rings. The summed E-state index contributed by atoms with van der Waals surface area (Å²) in [4.78, 5) is 17.2. The number of carbonyl (C=O) groups excluding carboxylic acids is 1. The van der Waals surface area contributed by atoms with Gasteiger partial charge in [-0.3, -0.25) is 4.79 Å². The molecule has 0 unspecified atom stereocenters. The molecule has 0 aliphatic carbocycles. The van der Waals surface area contributed by atoms with Crippen LogP contribution in [0.4, 0.5) is 5.69 Å². The lowest BCUT2D eigenvalue weighted by atomic mass is 10.2. The molecule has 0 aromatic heterocycles. The zero-order valence-corrected chi connectivity index (χ0v) is 14.7. The smallest absolute Gasteiger partial charge is 0.264 e. The summed E-state index contributed by atoms with van der Waals surface area (Å²) >= 11 is 1.34. The van der Waals surface area contributed by atoms with Crippen LogP contribution in [0.5, 0.6) is 5.75 Å². The van der Waals surface area contributed by atoms with Crippen LogP contribution in [0.1, 0.15) is 11.1 Å². The lowest BCUT2D eigenvalue weighted by Gasteiger charge is -2.03. The van der Waals surface area contributed by atoms with E-state index >= 15 is 0 Å². The molecule has 25 heavy (non-hydrogen) atoms. The fourth-order valence-corrected chi connectivity index (χ4v) is 3.10. The van der Waals surface area contributed by atoms with Crippen molar-refractivity contribution < 1.29 is 9.53 Å². The Hall–Kier alpha value is -2.79. The molecule has 0 atom stereocenters. The van der Waals surface area contributed by atoms with E-state index in [4.69, 9.17) is 4.74 Å². The average molecular weight is 350 g/mol. The van der Waals surface area contributed by atoms with E-state index in [-0.39, 0.29) is 5.91 Å². The molecule has 0 radical (unpaired) electrons. The molecule has 1 saturated heterocycles. The van der Waals surface area contributed by atoms with Crippen molar-refractivity contribution in [2.45, 2.75) is 6.92 Å². The van der Waals surface area contributed by atoms with E-state index < -0.39 is 0 Å². The van der Waals surface area contributed by atoms with Crippen LogP contribution in [-0.4, -0.2) is 17.7 Å². The second kappa shape index (κ2) is 7.85. The van der Waals surface area contributed by atoms with Crippen molar-refractivity contribution in [3.8, 4) is 5.75 Å². The van der Waals surface area contributed by atoms with Crippen LogP contribution in [0.15, 0.2) is 71.1 Å². The number of nitrogens with zero attached hydrogens (tertiary/aromatic N) is 1. The molecule has 0 saturated carbocycles. The Balaban J connectivity index is 1.73. The van der Waals surface area contributed by atoms with E-state index in [1.165, 1.54) is 11.8 Å². The highest BCUT2D eigenvalue weighted by Crippen LogP contribution is 2.28. The monoisotopic (exact) mass is 350 g/mol. The van der Waals surface area contributed by atoms with Crippen molar-refractivity contribution in [3.63, 3.8) is 0 Å². The maximum absolute atomic E-state index is 12.1. The standard InChI is InChI=1S/C20H18N2O2S/c1-3-11-24-17-9-7-15(8-10-17)13-18-19(23)22-20(25-18)21-16-6-4-5-14(2)12-16/h3-10,12-13H,1,11H2,2H3,(H,21,22,23). The fourth-order valence-electron chi connectivity index (χ4n) is 2.26. The number of thioether (sulfide) groups is 1. The Morgan fingerprint density at radius 1 is 1.24 bits per heavy atom. The largest absolute Gasteiger partial charge is 0.490 e. The molecule has 0 bridgehead atoms. The number of aliphatic imine (C=N–C) groups is 1. The zero-order chi connectivity index (χ0) is 17.6. The molecule has 4 nitrogen and oxygen atoms in total. The molecule has 1 aliphatic heterocycles. The molecule has 3 rings (SSSR count). The van der Waals surface area contributed by atoms with Crippen molar-refractivity contribution in [2.75, 3.05) is 6.61 Å². The number of benzene rings is 2. The van der Waals surface area contributed by atoms with Crippen LogP contribution in [0.2, 0.25) is 0 Å². The summed E-state index contributed by atoms with van der Waals surface area (Å²) in [5.74, 6) is 0.635. The van der Waals surface area contributed by atoms with Gasteiger partial charge in [0.15, 0.2) is 5.17 Å². The first kappa shape index (κ1) is 17.0. The molecule has 0 spiro atoms. The summed E-state index contributed by atoms with van der Waals surface area (Å²) in [6, 6.07) is 15.4. The summed E-state index contributed by atoms with van der Waals surface area (Å²) in [5.41, 5.74) is 2.89. The van der Waals surface area contributed by atoms with E-state index in [0.717, 1.165) is 22.6 Å². The van der Waals surface area contributed by atoms with Crippen molar-refractivity contribution >= 4 is 34.6 Å². The molecule has 1 N–H and O–H groups in total. The predicted molar refractivity (Wildman–Crippen MR) is 104 cm³/mol. The number of rotatable bonds is 5. The second-order valence-corrected chi connectivity index (χ2v) is 6.52. The van der Waals surface area contributed by atoms with Crippen LogP contribution in [0.3, 0.4) is 0 Å². The van der Waals surface area contributed by atoms with Gasteiger partial charge in [-0.05, 0) is 60.2 Å². The molecular weight excluding hydrogens is 332 g/mol. The molecule has 2 aromatic carbocycles. The van der Waals surface area contributed by atoms with Gasteiger partial charge in [-0.15, -0.1) is 0 Å². The van der Waals surface area contributed by atoms with E-state index in [1.54, 1.807) is 6.08 Å². The summed E-state index contributed by atoms with van der Waals surface area (Å²) in [5, 5.41) is 3.39. The van der Waals surface area contributed by atoms with Gasteiger partial charge < -0.3 is 10.1 Å². The quantitative estimate of drug-likeness (QED) is 0.640. The third-order valence-electron chi connectivity index (χ3n) is 3.43. The first-order chi connectivity index (χ1) is 12.1. The lowest BCUT2D eigenvalue weighted by molar-refractivity contribution is -0.115. The van der Waals surface area contributed by atoms with Gasteiger partial charge in [0.2, 0.25) is 0 Å². The SMILES string of the molecule is C=CCOc1ccc(C=C2SC(=Nc3cccc(C)c3)NC2=O)cc1. The summed E-state index contributed by atoms with van der Waals surface area (Å²) < 4.78 is 5.45. The number of amides is 1. The first-order valence-corrected chi connectivity index (χ1v) is 8.66. The Kier molecular flexibility index (Phi) is 5.36.